The van der Waals surface area contributed by atoms with Gasteiger partial charge in [-0.05, 0) is 50.9 Å². The fraction of sp³-hybridized carbons (Fsp3) is 0.840. The van der Waals surface area contributed by atoms with Gasteiger partial charge in [0.25, 0.3) is 0 Å². The van der Waals surface area contributed by atoms with Gasteiger partial charge in [0.15, 0.2) is 6.29 Å². The number of nitriles is 1. The number of carbonyl (C=O) groups excluding carboxylic acids is 3. The van der Waals surface area contributed by atoms with Gasteiger partial charge in [-0.1, -0.05) is 13.8 Å². The predicted molar refractivity (Wildman–Crippen MR) is 123 cm³/mol. The standard InChI is InChI=1S/C25H38N4O5/c1-13(2)7-20(29-24(32)21-16-8-17-18(21)12-34-25(17)33-11-16)23(31)28-19(14(3)10-26)9-15-5-4-6-27-22(15)30/h13-21,25H,4-9,11-12H2,1-3H3,(H,27,30)(H,28,31)(H,29,32)/t14?,15-,16?,17?,18-,19-,20-,21+,25+/m0/s1. The van der Waals surface area contributed by atoms with Gasteiger partial charge in [-0.2, -0.15) is 5.26 Å². The van der Waals surface area contributed by atoms with E-state index in [9.17, 15) is 19.6 Å². The lowest BCUT2D eigenvalue weighted by molar-refractivity contribution is -0.167. The van der Waals surface area contributed by atoms with Crippen LogP contribution in [0.3, 0.4) is 0 Å². The number of rotatable bonds is 9. The molecule has 3 saturated heterocycles. The van der Waals surface area contributed by atoms with E-state index in [-0.39, 0.29) is 59.5 Å². The average molecular weight is 475 g/mol. The van der Waals surface area contributed by atoms with Gasteiger partial charge >= 0.3 is 0 Å². The van der Waals surface area contributed by atoms with Gasteiger partial charge in [0.1, 0.15) is 6.04 Å². The van der Waals surface area contributed by atoms with E-state index < -0.39 is 18.0 Å². The topological polar surface area (TPSA) is 130 Å². The molecular formula is C25H38N4O5. The maximum absolute atomic E-state index is 13.4. The van der Waals surface area contributed by atoms with Crippen molar-refractivity contribution in [3.8, 4) is 6.07 Å². The second-order valence-electron chi connectivity index (χ2n) is 11.0. The Bertz CT molecular complexity index is 827. The molecule has 9 nitrogen and oxygen atoms in total. The highest BCUT2D eigenvalue weighted by Crippen LogP contribution is 2.51. The van der Waals surface area contributed by atoms with Crippen molar-refractivity contribution in [2.45, 2.75) is 71.2 Å². The van der Waals surface area contributed by atoms with Crippen LogP contribution in [0.1, 0.15) is 52.9 Å². The molecule has 0 aromatic heterocycles. The normalized spacial score (nSPS) is 34.6. The first-order valence-corrected chi connectivity index (χ1v) is 12.8. The second-order valence-corrected chi connectivity index (χ2v) is 11.0. The number of ether oxygens (including phenoxy) is 2. The molecule has 3 N–H and O–H groups in total. The molecule has 9 heteroatoms. The summed E-state index contributed by atoms with van der Waals surface area (Å²) in [7, 11) is 0. The first-order chi connectivity index (χ1) is 16.3. The van der Waals surface area contributed by atoms with Crippen molar-refractivity contribution in [1.82, 2.24) is 16.0 Å². The molecule has 0 aromatic rings. The predicted octanol–water partition coefficient (Wildman–Crippen LogP) is 1.33. The number of amides is 3. The molecule has 3 amide bonds. The Kier molecular flexibility index (Phi) is 7.78. The van der Waals surface area contributed by atoms with Crippen molar-refractivity contribution in [2.24, 2.45) is 41.4 Å². The third kappa shape index (κ3) is 5.23. The van der Waals surface area contributed by atoms with E-state index in [1.54, 1.807) is 6.92 Å². The average Bonchev–Trinajstić information content (AvgIpc) is 3.33. The van der Waals surface area contributed by atoms with Gasteiger partial charge in [-0.15, -0.1) is 0 Å². The minimum atomic E-state index is -0.694. The van der Waals surface area contributed by atoms with E-state index in [0.29, 0.717) is 32.6 Å². The Morgan fingerprint density at radius 1 is 1.18 bits per heavy atom. The van der Waals surface area contributed by atoms with Crippen LogP contribution in [0.4, 0.5) is 0 Å². The van der Waals surface area contributed by atoms with Crippen molar-refractivity contribution in [1.29, 1.82) is 5.26 Å². The number of hydrogen-bond acceptors (Lipinski definition) is 6. The maximum atomic E-state index is 13.4. The minimum Gasteiger partial charge on any atom is -0.356 e. The Morgan fingerprint density at radius 2 is 1.94 bits per heavy atom. The molecule has 4 fully saturated rings. The monoisotopic (exact) mass is 474 g/mol. The fourth-order valence-electron chi connectivity index (χ4n) is 6.23. The van der Waals surface area contributed by atoms with Gasteiger partial charge in [-0.25, -0.2) is 0 Å². The van der Waals surface area contributed by atoms with Gasteiger partial charge in [0.05, 0.1) is 25.2 Å². The van der Waals surface area contributed by atoms with Crippen LogP contribution in [0.25, 0.3) is 0 Å². The van der Waals surface area contributed by atoms with Gasteiger partial charge in [-0.3, -0.25) is 14.4 Å². The molecule has 1 saturated carbocycles. The molecule has 4 aliphatic rings. The molecule has 0 spiro atoms. The number of fused-ring (bicyclic) bond motifs is 1. The lowest BCUT2D eigenvalue weighted by Gasteiger charge is -2.31. The first-order valence-electron chi connectivity index (χ1n) is 12.8. The molecule has 188 valence electrons. The number of nitrogens with zero attached hydrogens (tertiary/aromatic N) is 1. The van der Waals surface area contributed by atoms with Crippen molar-refractivity contribution >= 4 is 17.7 Å². The second kappa shape index (κ2) is 10.6. The molecular weight excluding hydrogens is 436 g/mol. The number of hydrogen-bond donors (Lipinski definition) is 3. The molecule has 34 heavy (non-hydrogen) atoms. The summed E-state index contributed by atoms with van der Waals surface area (Å²) in [5.41, 5.74) is 0. The molecule has 3 unspecified atom stereocenters. The summed E-state index contributed by atoms with van der Waals surface area (Å²) in [5, 5.41) is 18.5. The van der Waals surface area contributed by atoms with Crippen LogP contribution in [0.15, 0.2) is 0 Å². The molecule has 0 radical (unpaired) electrons. The van der Waals surface area contributed by atoms with Crippen molar-refractivity contribution in [2.75, 3.05) is 19.8 Å². The molecule has 3 heterocycles. The van der Waals surface area contributed by atoms with Crippen LogP contribution in [-0.4, -0.2) is 55.9 Å². The highest BCUT2D eigenvalue weighted by Gasteiger charge is 2.57. The fourth-order valence-corrected chi connectivity index (χ4v) is 6.23. The molecule has 2 bridgehead atoms. The van der Waals surface area contributed by atoms with E-state index in [1.165, 1.54) is 0 Å². The highest BCUT2D eigenvalue weighted by atomic mass is 16.7. The number of carbonyl (C=O) groups is 3. The molecule has 9 atom stereocenters. The quantitative estimate of drug-likeness (QED) is 0.462. The largest absolute Gasteiger partial charge is 0.356 e. The Labute approximate surface area is 201 Å². The Morgan fingerprint density at radius 3 is 2.65 bits per heavy atom. The summed E-state index contributed by atoms with van der Waals surface area (Å²) in [6, 6.07) is 1.07. The smallest absolute Gasteiger partial charge is 0.242 e. The third-order valence-corrected chi connectivity index (χ3v) is 8.09. The summed E-state index contributed by atoms with van der Waals surface area (Å²) in [5.74, 6) is -0.548. The lowest BCUT2D eigenvalue weighted by Crippen LogP contribution is -2.54. The summed E-state index contributed by atoms with van der Waals surface area (Å²) in [6.45, 7) is 7.50. The summed E-state index contributed by atoms with van der Waals surface area (Å²) in [4.78, 5) is 39.1. The van der Waals surface area contributed by atoms with E-state index >= 15 is 0 Å². The maximum Gasteiger partial charge on any atom is 0.242 e. The van der Waals surface area contributed by atoms with Gasteiger partial charge in [0, 0.05) is 36.3 Å². The first kappa shape index (κ1) is 24.9. The Balaban J connectivity index is 1.43. The molecule has 3 aliphatic heterocycles. The molecule has 1 aliphatic carbocycles. The van der Waals surface area contributed by atoms with Crippen LogP contribution in [0.2, 0.25) is 0 Å². The van der Waals surface area contributed by atoms with E-state index in [1.807, 2.05) is 13.8 Å². The van der Waals surface area contributed by atoms with Gasteiger partial charge in [0.2, 0.25) is 17.7 Å². The Hall–Kier alpha value is -2.18. The van der Waals surface area contributed by atoms with Crippen LogP contribution in [-0.2, 0) is 23.9 Å². The van der Waals surface area contributed by atoms with Crippen LogP contribution in [0, 0.1) is 52.8 Å². The van der Waals surface area contributed by atoms with E-state index in [4.69, 9.17) is 9.47 Å². The van der Waals surface area contributed by atoms with E-state index in [0.717, 1.165) is 19.3 Å². The minimum absolute atomic E-state index is 0.0191. The number of piperidine rings is 1. The SMILES string of the molecule is CC(C)C[C@H](NC(=O)[C@@H]1C2CO[C@@H]3OC[C@H]1C3C2)C(=O)N[C@@H](C[C@@H]1CCCNC1=O)C(C)C#N. The van der Waals surface area contributed by atoms with Crippen LogP contribution < -0.4 is 16.0 Å². The summed E-state index contributed by atoms with van der Waals surface area (Å²) >= 11 is 0. The zero-order valence-corrected chi connectivity index (χ0v) is 20.4. The number of nitrogens with one attached hydrogen (secondary N) is 3. The summed E-state index contributed by atoms with van der Waals surface area (Å²) in [6.07, 6.45) is 3.29. The van der Waals surface area contributed by atoms with Crippen LogP contribution in [0.5, 0.6) is 0 Å². The lowest BCUT2D eigenvalue weighted by atomic mass is 9.86. The van der Waals surface area contributed by atoms with Gasteiger partial charge < -0.3 is 25.4 Å². The third-order valence-electron chi connectivity index (χ3n) is 8.09. The zero-order chi connectivity index (χ0) is 24.4. The van der Waals surface area contributed by atoms with Crippen molar-refractivity contribution < 1.29 is 23.9 Å². The highest BCUT2D eigenvalue weighted by molar-refractivity contribution is 5.89. The van der Waals surface area contributed by atoms with E-state index in [2.05, 4.69) is 22.0 Å². The van der Waals surface area contributed by atoms with Crippen LogP contribution >= 0.6 is 0 Å². The van der Waals surface area contributed by atoms with Crippen molar-refractivity contribution in [3.05, 3.63) is 0 Å². The molecule has 4 rings (SSSR count). The van der Waals surface area contributed by atoms with Crippen molar-refractivity contribution in [3.63, 3.8) is 0 Å². The molecule has 0 aromatic carbocycles. The zero-order valence-electron chi connectivity index (χ0n) is 20.4. The summed E-state index contributed by atoms with van der Waals surface area (Å²) < 4.78 is 11.5.